The third-order valence-electron chi connectivity index (χ3n) is 4.22. The van der Waals surface area contributed by atoms with Gasteiger partial charge in [-0.15, -0.1) is 0 Å². The largest absolute Gasteiger partial charge is 0.338 e. The van der Waals surface area contributed by atoms with E-state index in [9.17, 15) is 4.79 Å². The predicted octanol–water partition coefficient (Wildman–Crippen LogP) is 1.81. The molecule has 1 N–H and O–H groups in total. The molecule has 0 bridgehead atoms. The minimum absolute atomic E-state index is 0.103. The molecule has 1 aromatic rings. The first-order valence-electron chi connectivity index (χ1n) is 7.92. The maximum atomic E-state index is 12.8. The molecule has 0 saturated carbocycles. The first-order valence-corrected chi connectivity index (χ1v) is 7.92. The average molecular weight is 290 g/mol. The van der Waals surface area contributed by atoms with Gasteiger partial charge in [-0.05, 0) is 38.3 Å². The van der Waals surface area contributed by atoms with E-state index in [4.69, 9.17) is 0 Å². The number of amides is 1. The lowest BCUT2D eigenvalue weighted by Gasteiger charge is -2.37. The number of hydrogen-bond donors (Lipinski definition) is 1. The van der Waals surface area contributed by atoms with Crippen molar-refractivity contribution in [3.05, 3.63) is 23.0 Å². The Morgan fingerprint density at radius 2 is 2.19 bits per heavy atom. The molecule has 5 nitrogen and oxygen atoms in total. The van der Waals surface area contributed by atoms with Crippen molar-refractivity contribution in [3.8, 4) is 0 Å². The fraction of sp³-hybridized carbons (Fsp3) is 0.688. The molecule has 0 aliphatic carbocycles. The van der Waals surface area contributed by atoms with Crippen LogP contribution in [-0.4, -0.2) is 46.7 Å². The fourth-order valence-corrected chi connectivity index (χ4v) is 3.03. The molecular formula is C16H26N4O. The van der Waals surface area contributed by atoms with Crippen LogP contribution in [0.1, 0.15) is 48.9 Å². The summed E-state index contributed by atoms with van der Waals surface area (Å²) in [6, 6.07) is 2.39. The van der Waals surface area contributed by atoms with Gasteiger partial charge in [0.05, 0.1) is 17.0 Å². The summed E-state index contributed by atoms with van der Waals surface area (Å²) in [5.41, 5.74) is 2.32. The molecular weight excluding hydrogens is 264 g/mol. The van der Waals surface area contributed by atoms with E-state index in [2.05, 4.69) is 29.4 Å². The Morgan fingerprint density at radius 1 is 1.43 bits per heavy atom. The summed E-state index contributed by atoms with van der Waals surface area (Å²) in [5, 5.41) is 11.7. The maximum absolute atomic E-state index is 12.8. The average Bonchev–Trinajstić information content (AvgIpc) is 2.48. The van der Waals surface area contributed by atoms with Crippen LogP contribution in [0, 0.1) is 12.8 Å². The summed E-state index contributed by atoms with van der Waals surface area (Å²) in [7, 11) is 0. The van der Waals surface area contributed by atoms with E-state index >= 15 is 0 Å². The highest BCUT2D eigenvalue weighted by Gasteiger charge is 2.29. The van der Waals surface area contributed by atoms with Gasteiger partial charge in [-0.1, -0.05) is 20.8 Å². The number of likely N-dealkylation sites (tertiary alicyclic amines) is 1. The molecule has 2 rings (SSSR count). The summed E-state index contributed by atoms with van der Waals surface area (Å²) < 4.78 is 0. The highest BCUT2D eigenvalue weighted by molar-refractivity contribution is 5.95. The van der Waals surface area contributed by atoms with Crippen molar-refractivity contribution in [1.82, 2.24) is 20.4 Å². The molecule has 5 heteroatoms. The quantitative estimate of drug-likeness (QED) is 0.919. The Kier molecular flexibility index (Phi) is 5.28. The minimum atomic E-state index is 0.103. The van der Waals surface area contributed by atoms with E-state index in [1.165, 1.54) is 0 Å². The summed E-state index contributed by atoms with van der Waals surface area (Å²) in [4.78, 5) is 14.7. The molecule has 2 heterocycles. The topological polar surface area (TPSA) is 58.1 Å². The molecule has 1 amide bonds. The molecule has 0 radical (unpaired) electrons. The van der Waals surface area contributed by atoms with Gasteiger partial charge >= 0.3 is 0 Å². The van der Waals surface area contributed by atoms with Gasteiger partial charge in [0.25, 0.3) is 5.91 Å². The van der Waals surface area contributed by atoms with Crippen LogP contribution in [0.2, 0.25) is 0 Å². The first kappa shape index (κ1) is 15.9. The van der Waals surface area contributed by atoms with Crippen LogP contribution in [0.25, 0.3) is 0 Å². The van der Waals surface area contributed by atoms with Gasteiger partial charge in [-0.2, -0.15) is 10.2 Å². The number of rotatable bonds is 4. The smallest absolute Gasteiger partial charge is 0.255 e. The van der Waals surface area contributed by atoms with Crippen LogP contribution in [0.15, 0.2) is 6.07 Å². The standard InChI is InChI=1S/C16H26N4O/c1-5-14-13(9-12(4)18-19-14)16(21)20-8-7-15(17-6-2)11(3)10-20/h9,11,15,17H,5-8,10H2,1-4H3. The van der Waals surface area contributed by atoms with Gasteiger partial charge in [0.1, 0.15) is 0 Å². The van der Waals surface area contributed by atoms with Crippen LogP contribution < -0.4 is 5.32 Å². The Balaban J connectivity index is 2.13. The van der Waals surface area contributed by atoms with Gasteiger partial charge in [0.15, 0.2) is 0 Å². The van der Waals surface area contributed by atoms with Crippen LogP contribution in [0.5, 0.6) is 0 Å². The van der Waals surface area contributed by atoms with Crippen LogP contribution in [-0.2, 0) is 6.42 Å². The molecule has 1 saturated heterocycles. The van der Waals surface area contributed by atoms with Gasteiger partial charge in [-0.25, -0.2) is 0 Å². The molecule has 116 valence electrons. The van der Waals surface area contributed by atoms with Crippen LogP contribution in [0.3, 0.4) is 0 Å². The number of nitrogens with zero attached hydrogens (tertiary/aromatic N) is 3. The normalized spacial score (nSPS) is 22.4. The molecule has 1 aromatic heterocycles. The van der Waals surface area contributed by atoms with Crippen molar-refractivity contribution in [2.45, 2.75) is 46.6 Å². The third-order valence-corrected chi connectivity index (χ3v) is 4.22. The summed E-state index contributed by atoms with van der Waals surface area (Å²) in [6.45, 7) is 10.8. The minimum Gasteiger partial charge on any atom is -0.338 e. The molecule has 1 aliphatic rings. The van der Waals surface area contributed by atoms with Crippen molar-refractivity contribution in [2.75, 3.05) is 19.6 Å². The molecule has 2 unspecified atom stereocenters. The monoisotopic (exact) mass is 290 g/mol. The van der Waals surface area contributed by atoms with E-state index in [1.807, 2.05) is 24.8 Å². The van der Waals surface area contributed by atoms with Crippen LogP contribution >= 0.6 is 0 Å². The predicted molar refractivity (Wildman–Crippen MR) is 83.3 cm³/mol. The number of nitrogens with one attached hydrogen (secondary N) is 1. The Hall–Kier alpha value is -1.49. The zero-order chi connectivity index (χ0) is 15.4. The van der Waals surface area contributed by atoms with Crippen LogP contribution in [0.4, 0.5) is 0 Å². The Morgan fingerprint density at radius 3 is 2.81 bits per heavy atom. The van der Waals surface area contributed by atoms with Crippen molar-refractivity contribution in [3.63, 3.8) is 0 Å². The van der Waals surface area contributed by atoms with Crippen molar-refractivity contribution < 1.29 is 4.79 Å². The Labute approximate surface area is 127 Å². The van der Waals surface area contributed by atoms with Crippen molar-refractivity contribution in [2.24, 2.45) is 5.92 Å². The molecule has 0 aromatic carbocycles. The van der Waals surface area contributed by atoms with Crippen molar-refractivity contribution >= 4 is 5.91 Å². The zero-order valence-corrected chi connectivity index (χ0v) is 13.5. The van der Waals surface area contributed by atoms with Crippen molar-refractivity contribution in [1.29, 1.82) is 0 Å². The maximum Gasteiger partial charge on any atom is 0.255 e. The highest BCUT2D eigenvalue weighted by atomic mass is 16.2. The molecule has 2 atom stereocenters. The lowest BCUT2D eigenvalue weighted by atomic mass is 9.93. The van der Waals surface area contributed by atoms with Gasteiger partial charge in [-0.3, -0.25) is 4.79 Å². The highest BCUT2D eigenvalue weighted by Crippen LogP contribution is 2.20. The van der Waals surface area contributed by atoms with E-state index in [-0.39, 0.29) is 5.91 Å². The SMILES string of the molecule is CCNC1CCN(C(=O)c2cc(C)nnc2CC)CC1C. The van der Waals surface area contributed by atoms with Gasteiger partial charge < -0.3 is 10.2 Å². The lowest BCUT2D eigenvalue weighted by Crippen LogP contribution is -2.50. The van der Waals surface area contributed by atoms with E-state index < -0.39 is 0 Å². The molecule has 21 heavy (non-hydrogen) atoms. The lowest BCUT2D eigenvalue weighted by molar-refractivity contribution is 0.0644. The van der Waals surface area contributed by atoms with E-state index in [1.54, 1.807) is 0 Å². The fourth-order valence-electron chi connectivity index (χ4n) is 3.03. The second-order valence-corrected chi connectivity index (χ2v) is 5.88. The number of hydrogen-bond acceptors (Lipinski definition) is 4. The number of carbonyl (C=O) groups excluding carboxylic acids is 1. The molecule has 1 aliphatic heterocycles. The second kappa shape index (κ2) is 6.98. The summed E-state index contributed by atoms with van der Waals surface area (Å²) >= 11 is 0. The zero-order valence-electron chi connectivity index (χ0n) is 13.5. The first-order chi connectivity index (χ1) is 10.1. The second-order valence-electron chi connectivity index (χ2n) is 5.88. The summed E-state index contributed by atoms with van der Waals surface area (Å²) in [6.07, 6.45) is 1.75. The molecule has 0 spiro atoms. The third kappa shape index (κ3) is 3.59. The number of aromatic nitrogens is 2. The van der Waals surface area contributed by atoms with Gasteiger partial charge in [0.2, 0.25) is 0 Å². The number of aryl methyl sites for hydroxylation is 2. The van der Waals surface area contributed by atoms with E-state index in [0.29, 0.717) is 12.0 Å². The van der Waals surface area contributed by atoms with Gasteiger partial charge in [0, 0.05) is 19.1 Å². The number of piperidine rings is 1. The summed E-state index contributed by atoms with van der Waals surface area (Å²) in [5.74, 6) is 0.579. The number of carbonyl (C=O) groups is 1. The van der Waals surface area contributed by atoms with E-state index in [0.717, 1.165) is 49.4 Å². The molecule has 1 fully saturated rings. The Bertz CT molecular complexity index is 503.